The fourth-order valence-corrected chi connectivity index (χ4v) is 1.50. The Bertz CT molecular complexity index is 362. The second-order valence-electron chi connectivity index (χ2n) is 2.63. The van der Waals surface area contributed by atoms with E-state index in [1.807, 2.05) is 0 Å². The smallest absolute Gasteiger partial charge is 0.309 e. The van der Waals surface area contributed by atoms with Crippen LogP contribution in [0.3, 0.4) is 0 Å². The van der Waals surface area contributed by atoms with Gasteiger partial charge in [0.25, 0.3) is 5.92 Å². The van der Waals surface area contributed by atoms with E-state index in [0.717, 1.165) is 6.07 Å². The molecule has 1 aromatic rings. The van der Waals surface area contributed by atoms with Crippen LogP contribution < -0.4 is 0 Å². The fourth-order valence-electron chi connectivity index (χ4n) is 0.957. The van der Waals surface area contributed by atoms with Crippen molar-refractivity contribution in [3.05, 3.63) is 28.5 Å². The second-order valence-corrected chi connectivity index (χ2v) is 3.48. The normalized spacial score (nSPS) is 10.6. The number of carboxylic acids is 1. The zero-order valence-corrected chi connectivity index (χ0v) is 9.69. The molecule has 1 N–H and O–H groups in total. The lowest BCUT2D eigenvalue weighted by atomic mass is 10.1. The monoisotopic (exact) mass is 301 g/mol. The number of carboxylic acid groups (broad SMARTS) is 1. The average molecular weight is 303 g/mol. The van der Waals surface area contributed by atoms with Gasteiger partial charge >= 0.3 is 5.97 Å². The van der Waals surface area contributed by atoms with Gasteiger partial charge in [0.05, 0.1) is 0 Å². The summed E-state index contributed by atoms with van der Waals surface area (Å²) in [4.78, 5) is 13.8. The lowest BCUT2D eigenvalue weighted by molar-refractivity contribution is -0.145. The molecule has 0 aliphatic heterocycles. The van der Waals surface area contributed by atoms with Crippen molar-refractivity contribution in [3.8, 4) is 0 Å². The van der Waals surface area contributed by atoms with Crippen molar-refractivity contribution in [1.82, 2.24) is 4.98 Å². The molecule has 0 saturated carbocycles. The minimum Gasteiger partial charge on any atom is -0.481 e. The average Bonchev–Trinajstić information content (AvgIpc) is 2.02. The maximum Gasteiger partial charge on any atom is 0.309 e. The summed E-state index contributed by atoms with van der Waals surface area (Å²) >= 11 is 2.89. The highest BCUT2D eigenvalue weighted by molar-refractivity contribution is 9.10. The van der Waals surface area contributed by atoms with Gasteiger partial charge in [-0.05, 0) is 22.0 Å². The highest BCUT2D eigenvalue weighted by Gasteiger charge is 2.36. The maximum atomic E-state index is 13.2. The van der Waals surface area contributed by atoms with Crippen LogP contribution in [0.15, 0.2) is 22.9 Å². The number of carbonyl (C=O) groups is 1. The molecule has 3 nitrogen and oxygen atoms in total. The zero-order chi connectivity index (χ0) is 10.8. The van der Waals surface area contributed by atoms with Crippen molar-refractivity contribution in [2.75, 3.05) is 0 Å². The van der Waals surface area contributed by atoms with Crippen LogP contribution in [0, 0.1) is 0 Å². The minimum absolute atomic E-state index is 0. The lowest BCUT2D eigenvalue weighted by Crippen LogP contribution is -2.19. The van der Waals surface area contributed by atoms with Gasteiger partial charge in [0, 0.05) is 22.4 Å². The molecule has 0 saturated heterocycles. The Morgan fingerprint density at radius 3 is 2.67 bits per heavy atom. The number of halogens is 4. The van der Waals surface area contributed by atoms with Crippen LogP contribution in [0.2, 0.25) is 0 Å². The number of aromatic nitrogens is 1. The highest BCUT2D eigenvalue weighted by atomic mass is 79.9. The molecular formula is C8H7BrClF2NO2. The molecule has 1 aromatic heterocycles. The number of nitrogens with zero attached hydrogens (tertiary/aromatic N) is 1. The van der Waals surface area contributed by atoms with E-state index in [9.17, 15) is 13.6 Å². The van der Waals surface area contributed by atoms with Crippen molar-refractivity contribution in [3.63, 3.8) is 0 Å². The first kappa shape index (κ1) is 14.2. The van der Waals surface area contributed by atoms with Crippen LogP contribution in [0.5, 0.6) is 0 Å². The number of rotatable bonds is 3. The van der Waals surface area contributed by atoms with E-state index in [1.165, 1.54) is 12.4 Å². The van der Waals surface area contributed by atoms with Gasteiger partial charge < -0.3 is 5.11 Å². The second kappa shape index (κ2) is 5.37. The molecule has 0 fully saturated rings. The molecule has 0 amide bonds. The SMILES string of the molecule is Cl.O=C(O)CC(F)(F)c1ccncc1Br. The number of hydrogen-bond donors (Lipinski definition) is 1. The first-order chi connectivity index (χ1) is 6.43. The van der Waals surface area contributed by atoms with Crippen molar-refractivity contribution in [2.45, 2.75) is 12.3 Å². The number of alkyl halides is 2. The van der Waals surface area contributed by atoms with E-state index < -0.39 is 18.3 Å². The summed E-state index contributed by atoms with van der Waals surface area (Å²) in [7, 11) is 0. The van der Waals surface area contributed by atoms with Crippen molar-refractivity contribution in [2.24, 2.45) is 0 Å². The summed E-state index contributed by atoms with van der Waals surface area (Å²) in [5, 5.41) is 8.29. The van der Waals surface area contributed by atoms with E-state index in [1.54, 1.807) is 0 Å². The zero-order valence-electron chi connectivity index (χ0n) is 7.28. The van der Waals surface area contributed by atoms with E-state index in [-0.39, 0.29) is 22.4 Å². The highest BCUT2D eigenvalue weighted by Crippen LogP contribution is 2.35. The van der Waals surface area contributed by atoms with Gasteiger partial charge in [-0.15, -0.1) is 12.4 Å². The third-order valence-corrected chi connectivity index (χ3v) is 2.17. The molecule has 0 unspecified atom stereocenters. The van der Waals surface area contributed by atoms with Gasteiger partial charge in [0.1, 0.15) is 6.42 Å². The summed E-state index contributed by atoms with van der Waals surface area (Å²) in [5.74, 6) is -4.92. The molecule has 7 heteroatoms. The molecule has 0 radical (unpaired) electrons. The quantitative estimate of drug-likeness (QED) is 0.934. The molecule has 0 aliphatic carbocycles. The maximum absolute atomic E-state index is 13.2. The summed E-state index contributed by atoms with van der Waals surface area (Å²) in [6, 6.07) is 1.09. The summed E-state index contributed by atoms with van der Waals surface area (Å²) in [6.07, 6.45) is 1.16. The third-order valence-electron chi connectivity index (χ3n) is 1.54. The molecule has 0 aliphatic rings. The van der Waals surface area contributed by atoms with Crippen molar-refractivity contribution in [1.29, 1.82) is 0 Å². The first-order valence-corrected chi connectivity index (χ1v) is 4.42. The summed E-state index contributed by atoms with van der Waals surface area (Å²) in [6.45, 7) is 0. The number of aliphatic carboxylic acids is 1. The van der Waals surface area contributed by atoms with Gasteiger partial charge in [0.15, 0.2) is 0 Å². The number of pyridine rings is 1. The first-order valence-electron chi connectivity index (χ1n) is 3.63. The Kier molecular flexibility index (Phi) is 5.10. The van der Waals surface area contributed by atoms with Crippen molar-refractivity contribution < 1.29 is 18.7 Å². The van der Waals surface area contributed by atoms with Crippen LogP contribution >= 0.6 is 28.3 Å². The van der Waals surface area contributed by atoms with Gasteiger partial charge in [-0.3, -0.25) is 9.78 Å². The Morgan fingerprint density at radius 1 is 1.60 bits per heavy atom. The summed E-state index contributed by atoms with van der Waals surface area (Å²) in [5.41, 5.74) is -0.366. The van der Waals surface area contributed by atoms with Gasteiger partial charge in [-0.2, -0.15) is 0 Å². The molecule has 84 valence electrons. The molecule has 1 rings (SSSR count). The Hall–Kier alpha value is -0.750. The van der Waals surface area contributed by atoms with Crippen LogP contribution in [-0.2, 0) is 10.7 Å². The van der Waals surface area contributed by atoms with Crippen LogP contribution in [-0.4, -0.2) is 16.1 Å². The van der Waals surface area contributed by atoms with Gasteiger partial charge in [0.2, 0.25) is 0 Å². The topological polar surface area (TPSA) is 50.2 Å². The van der Waals surface area contributed by atoms with E-state index in [2.05, 4.69) is 20.9 Å². The Morgan fingerprint density at radius 2 is 2.20 bits per heavy atom. The standard InChI is InChI=1S/C8H6BrF2NO2.ClH/c9-6-4-12-2-1-5(6)8(10,11)3-7(13)14;/h1-2,4H,3H2,(H,13,14);1H. The van der Waals surface area contributed by atoms with E-state index >= 15 is 0 Å². The van der Waals surface area contributed by atoms with Crippen LogP contribution in [0.1, 0.15) is 12.0 Å². The van der Waals surface area contributed by atoms with Crippen LogP contribution in [0.25, 0.3) is 0 Å². The Labute approximate surface area is 99.1 Å². The molecule has 0 bridgehead atoms. The van der Waals surface area contributed by atoms with Gasteiger partial charge in [-0.25, -0.2) is 8.78 Å². The third kappa shape index (κ3) is 3.71. The van der Waals surface area contributed by atoms with Gasteiger partial charge in [-0.1, -0.05) is 0 Å². The molecule has 0 spiro atoms. The molecule has 1 heterocycles. The van der Waals surface area contributed by atoms with E-state index in [4.69, 9.17) is 5.11 Å². The summed E-state index contributed by atoms with van der Waals surface area (Å²) < 4.78 is 26.6. The van der Waals surface area contributed by atoms with E-state index in [0.29, 0.717) is 0 Å². The minimum atomic E-state index is -3.38. The molecule has 0 aromatic carbocycles. The Balaban J connectivity index is 0.00000196. The lowest BCUT2D eigenvalue weighted by Gasteiger charge is -2.15. The van der Waals surface area contributed by atoms with Crippen LogP contribution in [0.4, 0.5) is 8.78 Å². The molecular weight excluding hydrogens is 295 g/mol. The predicted octanol–water partition coefficient (Wildman–Crippen LogP) is 2.83. The molecule has 15 heavy (non-hydrogen) atoms. The fraction of sp³-hybridized carbons (Fsp3) is 0.250. The predicted molar refractivity (Wildman–Crippen MR) is 55.3 cm³/mol. The number of hydrogen-bond acceptors (Lipinski definition) is 2. The van der Waals surface area contributed by atoms with Crippen molar-refractivity contribution >= 4 is 34.3 Å². The largest absolute Gasteiger partial charge is 0.481 e. The molecule has 0 atom stereocenters.